The molecule has 0 saturated carbocycles. The standard InChI is InChI=1S/C26H25FN4O4S2/c1-3-35-26(32)22-21-14-18(30-37(33,34)19-7-5-4-6-8-19)15-31(21)24(25-28-11-12-36-25)29-23(22)20-10-9-17(27)13-16(20)2/h4-13,18,23,30H,3,14-15H2,1-2H3/t18-,23-/m0/s1. The zero-order chi connectivity index (χ0) is 26.2. The number of hydrogen-bond acceptors (Lipinski definition) is 8. The molecule has 2 aliphatic rings. The highest BCUT2D eigenvalue weighted by molar-refractivity contribution is 7.89. The molecule has 3 aromatic rings. The second-order valence-electron chi connectivity index (χ2n) is 8.72. The maximum atomic E-state index is 13.9. The molecule has 1 saturated heterocycles. The third-order valence-corrected chi connectivity index (χ3v) is 8.59. The van der Waals surface area contributed by atoms with E-state index in [1.54, 1.807) is 44.3 Å². The fraction of sp³-hybridized carbons (Fsp3) is 0.269. The lowest BCUT2D eigenvalue weighted by atomic mass is 9.91. The normalized spacial score (nSPS) is 19.5. The Morgan fingerprint density at radius 2 is 2.03 bits per heavy atom. The Morgan fingerprint density at radius 1 is 1.24 bits per heavy atom. The number of carbonyl (C=O) groups is 1. The molecule has 2 aliphatic heterocycles. The number of aryl methyl sites for hydroxylation is 1. The van der Waals surface area contributed by atoms with Crippen molar-refractivity contribution in [2.45, 2.75) is 37.2 Å². The molecule has 1 fully saturated rings. The van der Waals surface area contributed by atoms with Crippen LogP contribution in [0.1, 0.15) is 35.5 Å². The van der Waals surface area contributed by atoms with Crippen molar-refractivity contribution in [3.8, 4) is 0 Å². The SMILES string of the molecule is CCOC(=O)C1=C2C[C@H](NS(=O)(=O)c3ccccc3)CN2C(c2nccs2)=N[C@H]1c1ccc(F)cc1C. The van der Waals surface area contributed by atoms with Gasteiger partial charge in [0.2, 0.25) is 10.0 Å². The van der Waals surface area contributed by atoms with Crippen LogP contribution in [-0.4, -0.2) is 49.3 Å². The van der Waals surface area contributed by atoms with Crippen molar-refractivity contribution in [3.05, 3.63) is 93.3 Å². The molecular weight excluding hydrogens is 515 g/mol. The van der Waals surface area contributed by atoms with Crippen LogP contribution >= 0.6 is 11.3 Å². The van der Waals surface area contributed by atoms with Gasteiger partial charge in [0.15, 0.2) is 10.8 Å². The summed E-state index contributed by atoms with van der Waals surface area (Å²) in [5.74, 6) is -0.387. The number of aromatic nitrogens is 1. The van der Waals surface area contributed by atoms with Crippen LogP contribution in [0.4, 0.5) is 4.39 Å². The van der Waals surface area contributed by atoms with E-state index in [-0.39, 0.29) is 30.3 Å². The molecule has 3 heterocycles. The number of halogens is 1. The molecule has 0 aliphatic carbocycles. The van der Waals surface area contributed by atoms with Gasteiger partial charge in [0.1, 0.15) is 11.9 Å². The lowest BCUT2D eigenvalue weighted by Crippen LogP contribution is -2.39. The number of hydrogen-bond donors (Lipinski definition) is 1. The van der Waals surface area contributed by atoms with Crippen LogP contribution in [0.5, 0.6) is 0 Å². The number of sulfonamides is 1. The fourth-order valence-corrected chi connectivity index (χ4v) is 6.59. The van der Waals surface area contributed by atoms with Gasteiger partial charge in [-0.2, -0.15) is 0 Å². The maximum Gasteiger partial charge on any atom is 0.338 e. The van der Waals surface area contributed by atoms with Gasteiger partial charge in [0.25, 0.3) is 0 Å². The molecule has 0 bridgehead atoms. The largest absolute Gasteiger partial charge is 0.463 e. The predicted octanol–water partition coefficient (Wildman–Crippen LogP) is 3.96. The Labute approximate surface area is 218 Å². The number of benzene rings is 2. The van der Waals surface area contributed by atoms with E-state index in [1.807, 2.05) is 10.3 Å². The Morgan fingerprint density at radius 3 is 2.70 bits per heavy atom. The van der Waals surface area contributed by atoms with Gasteiger partial charge < -0.3 is 9.64 Å². The summed E-state index contributed by atoms with van der Waals surface area (Å²) in [7, 11) is -3.79. The van der Waals surface area contributed by atoms with E-state index in [1.165, 1.54) is 35.6 Å². The number of nitrogens with zero attached hydrogens (tertiary/aromatic N) is 3. The molecule has 2 aromatic carbocycles. The summed E-state index contributed by atoms with van der Waals surface area (Å²) in [5.41, 5.74) is 2.24. The van der Waals surface area contributed by atoms with E-state index in [0.29, 0.717) is 33.2 Å². The fourth-order valence-electron chi connectivity index (χ4n) is 4.70. The number of rotatable bonds is 7. The highest BCUT2D eigenvalue weighted by atomic mass is 32.2. The van der Waals surface area contributed by atoms with Crippen LogP contribution < -0.4 is 4.72 Å². The summed E-state index contributed by atoms with van der Waals surface area (Å²) in [6, 6.07) is 11.2. The summed E-state index contributed by atoms with van der Waals surface area (Å²) in [5, 5.41) is 2.46. The lowest BCUT2D eigenvalue weighted by molar-refractivity contribution is -0.139. The summed E-state index contributed by atoms with van der Waals surface area (Å²) < 4.78 is 48.3. The first-order valence-corrected chi connectivity index (χ1v) is 14.1. The third-order valence-electron chi connectivity index (χ3n) is 6.28. The molecule has 192 valence electrons. The summed E-state index contributed by atoms with van der Waals surface area (Å²) >= 11 is 1.39. The molecule has 0 spiro atoms. The molecule has 1 N–H and O–H groups in total. The second-order valence-corrected chi connectivity index (χ2v) is 11.3. The highest BCUT2D eigenvalue weighted by Crippen LogP contribution is 2.41. The van der Waals surface area contributed by atoms with E-state index in [0.717, 1.165) is 0 Å². The summed E-state index contributed by atoms with van der Waals surface area (Å²) in [6.07, 6.45) is 1.91. The van der Waals surface area contributed by atoms with Crippen molar-refractivity contribution < 1.29 is 22.3 Å². The van der Waals surface area contributed by atoms with Crippen LogP contribution in [0, 0.1) is 12.7 Å². The van der Waals surface area contributed by atoms with Crippen molar-refractivity contribution in [1.29, 1.82) is 0 Å². The first kappa shape index (κ1) is 25.2. The summed E-state index contributed by atoms with van der Waals surface area (Å²) in [4.78, 5) is 24.7. The Bertz CT molecular complexity index is 1490. The number of aliphatic imine (C=N–C) groups is 1. The zero-order valence-corrected chi connectivity index (χ0v) is 21.9. The second kappa shape index (κ2) is 10.2. The summed E-state index contributed by atoms with van der Waals surface area (Å²) in [6.45, 7) is 3.91. The van der Waals surface area contributed by atoms with Crippen molar-refractivity contribution in [1.82, 2.24) is 14.6 Å². The Balaban J connectivity index is 1.61. The van der Waals surface area contributed by atoms with Crippen molar-refractivity contribution >= 4 is 33.2 Å². The average Bonchev–Trinajstić information content (AvgIpc) is 3.54. The third kappa shape index (κ3) is 4.94. The molecule has 0 radical (unpaired) electrons. The van der Waals surface area contributed by atoms with Gasteiger partial charge in [-0.15, -0.1) is 11.3 Å². The molecule has 0 amide bonds. The topological polar surface area (TPSA) is 101 Å². The number of esters is 1. The molecule has 37 heavy (non-hydrogen) atoms. The average molecular weight is 541 g/mol. The van der Waals surface area contributed by atoms with Crippen LogP contribution in [0.25, 0.3) is 0 Å². The van der Waals surface area contributed by atoms with E-state index < -0.39 is 28.1 Å². The number of fused-ring (bicyclic) bond motifs is 1. The molecule has 8 nitrogen and oxygen atoms in total. The van der Waals surface area contributed by atoms with E-state index in [9.17, 15) is 17.6 Å². The van der Waals surface area contributed by atoms with Gasteiger partial charge >= 0.3 is 5.97 Å². The number of carbonyl (C=O) groups excluding carboxylic acids is 1. The maximum absolute atomic E-state index is 13.9. The van der Waals surface area contributed by atoms with Crippen molar-refractivity contribution in [2.75, 3.05) is 13.2 Å². The van der Waals surface area contributed by atoms with Gasteiger partial charge in [-0.1, -0.05) is 24.3 Å². The number of amidine groups is 1. The molecular formula is C26H25FN4O4S2. The Kier molecular flexibility index (Phi) is 6.93. The molecule has 0 unspecified atom stereocenters. The molecule has 11 heteroatoms. The van der Waals surface area contributed by atoms with Gasteiger partial charge in [-0.3, -0.25) is 4.99 Å². The van der Waals surface area contributed by atoms with E-state index in [4.69, 9.17) is 9.73 Å². The lowest BCUT2D eigenvalue weighted by Gasteiger charge is -2.32. The highest BCUT2D eigenvalue weighted by Gasteiger charge is 2.43. The predicted molar refractivity (Wildman–Crippen MR) is 138 cm³/mol. The van der Waals surface area contributed by atoms with Crippen LogP contribution in [0.15, 0.2) is 81.3 Å². The van der Waals surface area contributed by atoms with E-state index in [2.05, 4.69) is 9.71 Å². The van der Waals surface area contributed by atoms with Crippen molar-refractivity contribution in [2.24, 2.45) is 4.99 Å². The number of thiazole rings is 1. The monoisotopic (exact) mass is 540 g/mol. The number of nitrogens with one attached hydrogen (secondary N) is 1. The van der Waals surface area contributed by atoms with Gasteiger partial charge in [0.05, 0.1) is 17.1 Å². The van der Waals surface area contributed by atoms with Crippen LogP contribution in [0.3, 0.4) is 0 Å². The smallest absolute Gasteiger partial charge is 0.338 e. The molecule has 2 atom stereocenters. The zero-order valence-electron chi connectivity index (χ0n) is 20.2. The van der Waals surface area contributed by atoms with Crippen molar-refractivity contribution in [3.63, 3.8) is 0 Å². The van der Waals surface area contributed by atoms with Gasteiger partial charge in [0, 0.05) is 36.3 Å². The first-order chi connectivity index (χ1) is 17.8. The number of ether oxygens (including phenoxy) is 1. The van der Waals surface area contributed by atoms with Gasteiger partial charge in [-0.05, 0) is 49.2 Å². The van der Waals surface area contributed by atoms with Crippen LogP contribution in [-0.2, 0) is 19.6 Å². The molecule has 1 aromatic heterocycles. The first-order valence-electron chi connectivity index (χ1n) is 11.8. The minimum atomic E-state index is -3.79. The minimum Gasteiger partial charge on any atom is -0.463 e. The quantitative estimate of drug-likeness (QED) is 0.456. The van der Waals surface area contributed by atoms with E-state index >= 15 is 0 Å². The Hall–Kier alpha value is -3.41. The van der Waals surface area contributed by atoms with Gasteiger partial charge in [-0.25, -0.2) is 27.3 Å². The molecule has 5 rings (SSSR count). The van der Waals surface area contributed by atoms with Crippen LogP contribution in [0.2, 0.25) is 0 Å². The minimum absolute atomic E-state index is 0.160.